The van der Waals surface area contributed by atoms with E-state index < -0.39 is 5.41 Å². The van der Waals surface area contributed by atoms with Crippen LogP contribution in [0, 0.1) is 12.3 Å². The summed E-state index contributed by atoms with van der Waals surface area (Å²) in [6, 6.07) is 3.69. The minimum atomic E-state index is -0.429. The van der Waals surface area contributed by atoms with Gasteiger partial charge in [0, 0.05) is 10.3 Å². The zero-order valence-corrected chi connectivity index (χ0v) is 10.4. The van der Waals surface area contributed by atoms with Crippen LogP contribution in [-0.2, 0) is 4.79 Å². The topological polar surface area (TPSA) is 34.1 Å². The first-order valence-electron chi connectivity index (χ1n) is 4.93. The molecule has 0 aromatic carbocycles. The fourth-order valence-corrected chi connectivity index (χ4v) is 1.89. The number of carbonyl (C=O) groups is 2. The van der Waals surface area contributed by atoms with E-state index in [9.17, 15) is 9.59 Å². The molecule has 1 rings (SSSR count). The summed E-state index contributed by atoms with van der Waals surface area (Å²) in [5.41, 5.74) is -0.429. The molecule has 0 N–H and O–H groups in total. The summed E-state index contributed by atoms with van der Waals surface area (Å²) in [5, 5.41) is 0. The number of hydrogen-bond acceptors (Lipinski definition) is 3. The van der Waals surface area contributed by atoms with Crippen LogP contribution in [0.25, 0.3) is 0 Å². The van der Waals surface area contributed by atoms with Crippen molar-refractivity contribution in [1.82, 2.24) is 0 Å². The van der Waals surface area contributed by atoms with Crippen LogP contribution in [0.15, 0.2) is 12.1 Å². The summed E-state index contributed by atoms with van der Waals surface area (Å²) in [6.07, 6.45) is 0.0173. The van der Waals surface area contributed by atoms with Crippen LogP contribution in [0.2, 0.25) is 0 Å². The lowest BCUT2D eigenvalue weighted by molar-refractivity contribution is -0.125. The Balaban J connectivity index is 2.69. The van der Waals surface area contributed by atoms with Crippen molar-refractivity contribution in [1.29, 1.82) is 0 Å². The smallest absolute Gasteiger partial charge is 0.180 e. The van der Waals surface area contributed by atoms with E-state index in [1.54, 1.807) is 6.07 Å². The Kier molecular flexibility index (Phi) is 3.45. The highest BCUT2D eigenvalue weighted by atomic mass is 32.1. The second kappa shape index (κ2) is 4.27. The number of ketones is 2. The molecule has 2 nitrogen and oxygen atoms in total. The van der Waals surface area contributed by atoms with Gasteiger partial charge in [0.1, 0.15) is 5.78 Å². The third kappa shape index (κ3) is 3.27. The van der Waals surface area contributed by atoms with Gasteiger partial charge >= 0.3 is 0 Å². The largest absolute Gasteiger partial charge is 0.299 e. The number of Topliss-reactive ketones (excluding diaryl/α,β-unsaturated/α-hetero) is 2. The van der Waals surface area contributed by atoms with E-state index in [2.05, 4.69) is 0 Å². The van der Waals surface area contributed by atoms with Crippen LogP contribution >= 0.6 is 11.3 Å². The quantitative estimate of drug-likeness (QED) is 0.583. The third-order valence-corrected chi connectivity index (χ3v) is 3.21. The van der Waals surface area contributed by atoms with Gasteiger partial charge in [-0.3, -0.25) is 9.59 Å². The summed E-state index contributed by atoms with van der Waals surface area (Å²) in [6.45, 7) is 7.46. The monoisotopic (exact) mass is 224 g/mol. The van der Waals surface area contributed by atoms with Crippen LogP contribution in [0.5, 0.6) is 0 Å². The average molecular weight is 224 g/mol. The van der Waals surface area contributed by atoms with Gasteiger partial charge in [-0.05, 0) is 19.1 Å². The highest BCUT2D eigenvalue weighted by Crippen LogP contribution is 2.21. The van der Waals surface area contributed by atoms with E-state index in [4.69, 9.17) is 0 Å². The summed E-state index contributed by atoms with van der Waals surface area (Å²) in [5.74, 6) is -0.0634. The van der Waals surface area contributed by atoms with E-state index in [0.29, 0.717) is 4.88 Å². The maximum absolute atomic E-state index is 11.7. The molecule has 0 saturated carbocycles. The second-order valence-corrected chi connectivity index (χ2v) is 5.97. The predicted octanol–water partition coefficient (Wildman–Crippen LogP) is 3.24. The molecule has 0 unspecified atom stereocenters. The Morgan fingerprint density at radius 3 is 2.27 bits per heavy atom. The summed E-state index contributed by atoms with van der Waals surface area (Å²) in [7, 11) is 0. The second-order valence-electron chi connectivity index (χ2n) is 4.68. The van der Waals surface area contributed by atoms with Crippen molar-refractivity contribution in [2.24, 2.45) is 5.41 Å². The van der Waals surface area contributed by atoms with E-state index in [1.165, 1.54) is 11.3 Å². The Labute approximate surface area is 94.3 Å². The van der Waals surface area contributed by atoms with Gasteiger partial charge in [0.2, 0.25) is 0 Å². The zero-order valence-electron chi connectivity index (χ0n) is 9.59. The lowest BCUT2D eigenvalue weighted by Gasteiger charge is -2.15. The Hall–Kier alpha value is -0.960. The lowest BCUT2D eigenvalue weighted by atomic mass is 9.88. The number of rotatable bonds is 3. The van der Waals surface area contributed by atoms with Gasteiger partial charge in [-0.1, -0.05) is 20.8 Å². The minimum absolute atomic E-state index is 0.00134. The zero-order chi connectivity index (χ0) is 11.6. The highest BCUT2D eigenvalue weighted by molar-refractivity contribution is 7.14. The molecular weight excluding hydrogens is 208 g/mol. The van der Waals surface area contributed by atoms with Crippen molar-refractivity contribution in [3.05, 3.63) is 21.9 Å². The van der Waals surface area contributed by atoms with E-state index >= 15 is 0 Å². The highest BCUT2D eigenvalue weighted by Gasteiger charge is 2.24. The molecule has 3 heteroatoms. The Morgan fingerprint density at radius 2 is 1.87 bits per heavy atom. The van der Waals surface area contributed by atoms with Crippen molar-refractivity contribution in [2.45, 2.75) is 34.1 Å². The minimum Gasteiger partial charge on any atom is -0.299 e. The summed E-state index contributed by atoms with van der Waals surface area (Å²) >= 11 is 1.45. The SMILES string of the molecule is Cc1ccc(C(=O)CC(=O)C(C)(C)C)s1. The Bertz CT molecular complexity index is 383. The number of carbonyl (C=O) groups excluding carboxylic acids is 2. The molecule has 15 heavy (non-hydrogen) atoms. The maximum Gasteiger partial charge on any atom is 0.180 e. The van der Waals surface area contributed by atoms with Crippen molar-refractivity contribution in [3.63, 3.8) is 0 Å². The Morgan fingerprint density at radius 1 is 1.27 bits per heavy atom. The van der Waals surface area contributed by atoms with Crippen LogP contribution in [0.3, 0.4) is 0 Å². The number of aryl methyl sites for hydroxylation is 1. The molecule has 0 amide bonds. The molecule has 0 fully saturated rings. The van der Waals surface area contributed by atoms with Gasteiger partial charge in [-0.2, -0.15) is 0 Å². The fourth-order valence-electron chi connectivity index (χ4n) is 1.08. The molecular formula is C12H16O2S. The van der Waals surface area contributed by atoms with Gasteiger partial charge in [0.25, 0.3) is 0 Å². The standard InChI is InChI=1S/C12H16O2S/c1-8-5-6-10(15-8)9(13)7-11(14)12(2,3)4/h5-6H,7H2,1-4H3. The molecule has 1 heterocycles. The first-order chi connectivity index (χ1) is 6.80. The molecule has 82 valence electrons. The molecule has 0 aliphatic carbocycles. The van der Waals surface area contributed by atoms with Crippen molar-refractivity contribution >= 4 is 22.9 Å². The molecule has 0 radical (unpaired) electrons. The molecule has 1 aromatic heterocycles. The van der Waals surface area contributed by atoms with Crippen LogP contribution in [0.4, 0.5) is 0 Å². The molecule has 0 aliphatic heterocycles. The van der Waals surface area contributed by atoms with Crippen LogP contribution in [0.1, 0.15) is 41.7 Å². The maximum atomic E-state index is 11.7. The first-order valence-corrected chi connectivity index (χ1v) is 5.75. The van der Waals surface area contributed by atoms with E-state index in [1.807, 2.05) is 33.8 Å². The molecule has 0 saturated heterocycles. The van der Waals surface area contributed by atoms with E-state index in [-0.39, 0.29) is 18.0 Å². The van der Waals surface area contributed by atoms with Gasteiger partial charge in [0.15, 0.2) is 5.78 Å². The van der Waals surface area contributed by atoms with Crippen LogP contribution < -0.4 is 0 Å². The average Bonchev–Trinajstić information content (AvgIpc) is 2.50. The normalized spacial score (nSPS) is 11.5. The van der Waals surface area contributed by atoms with Gasteiger partial charge in [-0.25, -0.2) is 0 Å². The molecule has 0 aliphatic rings. The van der Waals surface area contributed by atoms with Crippen molar-refractivity contribution in [3.8, 4) is 0 Å². The van der Waals surface area contributed by atoms with Gasteiger partial charge in [0.05, 0.1) is 11.3 Å². The van der Waals surface area contributed by atoms with Gasteiger partial charge in [-0.15, -0.1) is 11.3 Å². The van der Waals surface area contributed by atoms with Gasteiger partial charge < -0.3 is 0 Å². The third-order valence-electron chi connectivity index (χ3n) is 2.17. The molecule has 0 spiro atoms. The first kappa shape index (κ1) is 12.1. The lowest BCUT2D eigenvalue weighted by Crippen LogP contribution is -2.22. The molecule has 0 bridgehead atoms. The van der Waals surface area contributed by atoms with E-state index in [0.717, 1.165) is 4.88 Å². The summed E-state index contributed by atoms with van der Waals surface area (Å²) < 4.78 is 0. The number of thiophene rings is 1. The predicted molar refractivity (Wildman–Crippen MR) is 62.5 cm³/mol. The number of hydrogen-bond donors (Lipinski definition) is 0. The van der Waals surface area contributed by atoms with Crippen LogP contribution in [-0.4, -0.2) is 11.6 Å². The molecule has 1 aromatic rings. The fraction of sp³-hybridized carbons (Fsp3) is 0.500. The van der Waals surface area contributed by atoms with Crippen molar-refractivity contribution in [2.75, 3.05) is 0 Å². The van der Waals surface area contributed by atoms with Crippen molar-refractivity contribution < 1.29 is 9.59 Å². The summed E-state index contributed by atoms with van der Waals surface area (Å²) in [4.78, 5) is 25.1. The molecule has 0 atom stereocenters.